The summed E-state index contributed by atoms with van der Waals surface area (Å²) in [6.07, 6.45) is 7.58. The second-order valence-corrected chi connectivity index (χ2v) is 8.80. The van der Waals surface area contributed by atoms with E-state index in [2.05, 4.69) is 10.3 Å². The Morgan fingerprint density at radius 2 is 1.87 bits per heavy atom. The van der Waals surface area contributed by atoms with Crippen molar-refractivity contribution in [3.63, 3.8) is 0 Å². The number of anilines is 1. The number of hydrogen-bond donors (Lipinski definition) is 1. The van der Waals surface area contributed by atoms with Crippen LogP contribution in [0.25, 0.3) is 0 Å². The molecule has 1 saturated carbocycles. The third kappa shape index (κ3) is 3.66. The molecule has 162 valence electrons. The first-order valence-corrected chi connectivity index (χ1v) is 11.0. The van der Waals surface area contributed by atoms with Crippen molar-refractivity contribution < 1.29 is 18.7 Å². The van der Waals surface area contributed by atoms with E-state index in [0.717, 1.165) is 31.5 Å². The Kier molecular flexibility index (Phi) is 5.12. The highest BCUT2D eigenvalue weighted by Gasteiger charge is 2.48. The predicted octanol–water partition coefficient (Wildman–Crippen LogP) is 3.56. The number of carbonyl (C=O) groups excluding carboxylic acids is 2. The Labute approximate surface area is 180 Å². The van der Waals surface area contributed by atoms with Crippen molar-refractivity contribution >= 4 is 17.6 Å². The zero-order valence-corrected chi connectivity index (χ0v) is 17.4. The number of carbonyl (C=O) groups is 2. The Balaban J connectivity index is 1.15. The number of benzene rings is 1. The highest BCUT2D eigenvalue weighted by Crippen LogP contribution is 2.47. The molecule has 0 bridgehead atoms. The van der Waals surface area contributed by atoms with Crippen LogP contribution in [0.4, 0.5) is 10.1 Å². The molecule has 0 atom stereocenters. The van der Waals surface area contributed by atoms with Crippen molar-refractivity contribution in [3.8, 4) is 0 Å². The number of para-hydroxylation sites is 1. The van der Waals surface area contributed by atoms with E-state index in [9.17, 15) is 14.0 Å². The minimum atomic E-state index is -0.622. The number of rotatable bonds is 3. The summed E-state index contributed by atoms with van der Waals surface area (Å²) in [6, 6.07) is 8.64. The van der Waals surface area contributed by atoms with Crippen molar-refractivity contribution in [1.29, 1.82) is 0 Å². The van der Waals surface area contributed by atoms with Crippen LogP contribution in [0.3, 0.4) is 0 Å². The first-order chi connectivity index (χ1) is 15.1. The van der Waals surface area contributed by atoms with Crippen LogP contribution in [0.5, 0.6) is 0 Å². The second-order valence-electron chi connectivity index (χ2n) is 8.80. The minimum Gasteiger partial charge on any atom is -0.450 e. The molecule has 0 unspecified atom stereocenters. The average Bonchev–Trinajstić information content (AvgIpc) is 3.07. The molecule has 2 fully saturated rings. The van der Waals surface area contributed by atoms with Crippen LogP contribution in [0, 0.1) is 11.7 Å². The van der Waals surface area contributed by atoms with Crippen LogP contribution in [-0.2, 0) is 15.1 Å². The van der Waals surface area contributed by atoms with Gasteiger partial charge in [0.25, 0.3) is 0 Å². The van der Waals surface area contributed by atoms with E-state index >= 15 is 0 Å². The zero-order chi connectivity index (χ0) is 21.4. The summed E-state index contributed by atoms with van der Waals surface area (Å²) < 4.78 is 19.8. The topological polar surface area (TPSA) is 71.5 Å². The van der Waals surface area contributed by atoms with Gasteiger partial charge >= 0.3 is 5.97 Å². The molecule has 3 heterocycles. The number of nitrogens with one attached hydrogen (secondary N) is 1. The number of ether oxygens (including phenoxy) is 1. The van der Waals surface area contributed by atoms with Gasteiger partial charge in [0.1, 0.15) is 11.4 Å². The molecule has 31 heavy (non-hydrogen) atoms. The van der Waals surface area contributed by atoms with Gasteiger partial charge in [-0.2, -0.15) is 0 Å². The normalized spacial score (nSPS) is 25.9. The Morgan fingerprint density at radius 1 is 1.13 bits per heavy atom. The maximum absolute atomic E-state index is 14.0. The predicted molar refractivity (Wildman–Crippen MR) is 113 cm³/mol. The van der Waals surface area contributed by atoms with Gasteiger partial charge in [0.15, 0.2) is 0 Å². The Hall–Kier alpha value is -2.96. The fourth-order valence-corrected chi connectivity index (χ4v) is 5.23. The van der Waals surface area contributed by atoms with E-state index in [1.807, 2.05) is 11.0 Å². The van der Waals surface area contributed by atoms with Crippen molar-refractivity contribution in [3.05, 3.63) is 59.7 Å². The number of esters is 1. The molecule has 7 heteroatoms. The average molecular weight is 423 g/mol. The first-order valence-electron chi connectivity index (χ1n) is 11.0. The zero-order valence-electron chi connectivity index (χ0n) is 17.4. The number of pyridine rings is 1. The van der Waals surface area contributed by atoms with Crippen LogP contribution >= 0.6 is 0 Å². The quantitative estimate of drug-likeness (QED) is 0.765. The van der Waals surface area contributed by atoms with Crippen LogP contribution in [0.15, 0.2) is 42.7 Å². The number of aromatic nitrogens is 1. The van der Waals surface area contributed by atoms with Crippen LogP contribution < -0.4 is 10.2 Å². The number of amides is 1. The lowest BCUT2D eigenvalue weighted by molar-refractivity contribution is -0.128. The molecule has 6 nitrogen and oxygen atoms in total. The van der Waals surface area contributed by atoms with Crippen molar-refractivity contribution in [2.24, 2.45) is 5.92 Å². The Bertz CT molecular complexity index is 995. The molecule has 1 aliphatic carbocycles. The minimum absolute atomic E-state index is 0.0744. The van der Waals surface area contributed by atoms with Gasteiger partial charge in [0, 0.05) is 43.0 Å². The molecule has 3 aliphatic rings. The van der Waals surface area contributed by atoms with E-state index in [4.69, 9.17) is 4.74 Å². The lowest BCUT2D eigenvalue weighted by Gasteiger charge is -2.37. The SMILES string of the molecule is O=C1OC2(CCC(C(=O)NC3CCN(c4ccccc4F)CC3)CC2)c2cnccc21. The molecule has 2 aliphatic heterocycles. The molecule has 0 radical (unpaired) electrons. The number of piperidine rings is 1. The van der Waals surface area contributed by atoms with Gasteiger partial charge in [-0.05, 0) is 56.7 Å². The van der Waals surface area contributed by atoms with Crippen molar-refractivity contribution in [2.75, 3.05) is 18.0 Å². The summed E-state index contributed by atoms with van der Waals surface area (Å²) in [7, 11) is 0. The fraction of sp³-hybridized carbons (Fsp3) is 0.458. The van der Waals surface area contributed by atoms with E-state index in [1.165, 1.54) is 6.07 Å². The summed E-state index contributed by atoms with van der Waals surface area (Å²) in [5.74, 6) is -0.489. The number of halogens is 1. The van der Waals surface area contributed by atoms with Crippen molar-refractivity contribution in [2.45, 2.75) is 50.2 Å². The van der Waals surface area contributed by atoms with Gasteiger partial charge in [-0.15, -0.1) is 0 Å². The fourth-order valence-electron chi connectivity index (χ4n) is 5.23. The number of hydrogen-bond acceptors (Lipinski definition) is 5. The molecule has 1 aromatic carbocycles. The summed E-state index contributed by atoms with van der Waals surface area (Å²) in [4.78, 5) is 31.3. The lowest BCUT2D eigenvalue weighted by Crippen LogP contribution is -2.47. The maximum atomic E-state index is 14.0. The highest BCUT2D eigenvalue weighted by molar-refractivity contribution is 5.94. The molecular weight excluding hydrogens is 397 g/mol. The maximum Gasteiger partial charge on any atom is 0.339 e. The molecule has 1 aromatic heterocycles. The largest absolute Gasteiger partial charge is 0.450 e. The summed E-state index contributed by atoms with van der Waals surface area (Å²) in [6.45, 7) is 1.44. The van der Waals surface area contributed by atoms with Crippen molar-refractivity contribution in [1.82, 2.24) is 10.3 Å². The number of nitrogens with zero attached hydrogens (tertiary/aromatic N) is 2. The summed E-state index contributed by atoms with van der Waals surface area (Å²) in [5, 5.41) is 3.20. The van der Waals surface area contributed by atoms with E-state index < -0.39 is 5.60 Å². The molecule has 1 N–H and O–H groups in total. The van der Waals surface area contributed by atoms with E-state index in [0.29, 0.717) is 36.9 Å². The Morgan fingerprint density at radius 3 is 2.61 bits per heavy atom. The van der Waals surface area contributed by atoms with Crippen LogP contribution in [0.2, 0.25) is 0 Å². The van der Waals surface area contributed by atoms with Crippen LogP contribution in [0.1, 0.15) is 54.4 Å². The second kappa shape index (κ2) is 7.94. The summed E-state index contributed by atoms with van der Waals surface area (Å²) in [5.41, 5.74) is 1.47. The van der Waals surface area contributed by atoms with Crippen LogP contribution in [-0.4, -0.2) is 36.0 Å². The van der Waals surface area contributed by atoms with Gasteiger partial charge in [0.05, 0.1) is 11.3 Å². The van der Waals surface area contributed by atoms with Gasteiger partial charge in [-0.25, -0.2) is 9.18 Å². The standard InChI is InChI=1S/C24H26FN3O3/c25-20-3-1-2-4-21(20)28-13-8-17(9-14-28)27-22(29)16-5-10-24(11-6-16)19-15-26-12-7-18(19)23(30)31-24/h1-4,7,12,15-17H,5-6,8-11,13-14H2,(H,27,29). The summed E-state index contributed by atoms with van der Waals surface area (Å²) >= 11 is 0. The van der Waals surface area contributed by atoms with Gasteiger partial charge in [-0.3, -0.25) is 9.78 Å². The molecule has 1 saturated heterocycles. The molecule has 1 amide bonds. The molecule has 5 rings (SSSR count). The molecule has 1 spiro atoms. The molecular formula is C24H26FN3O3. The first kappa shape index (κ1) is 20.0. The monoisotopic (exact) mass is 423 g/mol. The number of fused-ring (bicyclic) bond motifs is 2. The highest BCUT2D eigenvalue weighted by atomic mass is 19.1. The smallest absolute Gasteiger partial charge is 0.339 e. The third-order valence-corrected chi connectivity index (χ3v) is 7.02. The van der Waals surface area contributed by atoms with E-state index in [1.54, 1.807) is 30.6 Å². The van der Waals surface area contributed by atoms with E-state index in [-0.39, 0.29) is 29.7 Å². The van der Waals surface area contributed by atoms with Gasteiger partial charge < -0.3 is 15.0 Å². The molecule has 2 aromatic rings. The van der Waals surface area contributed by atoms with Gasteiger partial charge in [-0.1, -0.05) is 12.1 Å². The third-order valence-electron chi connectivity index (χ3n) is 7.02. The van der Waals surface area contributed by atoms with Gasteiger partial charge in [0.2, 0.25) is 5.91 Å². The lowest BCUT2D eigenvalue weighted by atomic mass is 9.75.